The third kappa shape index (κ3) is 3.99. The molecule has 27 heavy (non-hydrogen) atoms. The molecule has 0 saturated carbocycles. The summed E-state index contributed by atoms with van der Waals surface area (Å²) < 4.78 is 11.2. The Morgan fingerprint density at radius 1 is 1.44 bits per heavy atom. The Kier molecular flexibility index (Phi) is 5.83. The number of hydrogen-bond donors (Lipinski definition) is 3. The molecule has 0 bridgehead atoms. The number of rotatable bonds is 5. The largest absolute Gasteiger partial charge is 0.388 e. The molecule has 3 rings (SSSR count). The topological polar surface area (TPSA) is 117 Å². The van der Waals surface area contributed by atoms with E-state index in [1.54, 1.807) is 17.2 Å². The molecule has 2 atom stereocenters. The highest BCUT2D eigenvalue weighted by Crippen LogP contribution is 2.40. The van der Waals surface area contributed by atoms with Gasteiger partial charge in [0.1, 0.15) is 18.4 Å². The summed E-state index contributed by atoms with van der Waals surface area (Å²) in [4.78, 5) is 26.3. The predicted molar refractivity (Wildman–Crippen MR) is 96.1 cm³/mol. The van der Waals surface area contributed by atoms with E-state index in [4.69, 9.17) is 9.47 Å². The van der Waals surface area contributed by atoms with Crippen molar-refractivity contribution >= 4 is 11.8 Å². The maximum atomic E-state index is 12.5. The van der Waals surface area contributed by atoms with Gasteiger partial charge in [0.25, 0.3) is 5.91 Å². The lowest BCUT2D eigenvalue weighted by Gasteiger charge is -2.53. The Labute approximate surface area is 158 Å². The molecule has 2 amide bonds. The summed E-state index contributed by atoms with van der Waals surface area (Å²) in [6.45, 7) is 5.48. The number of hydrogen-bond acceptors (Lipinski definition) is 6. The van der Waals surface area contributed by atoms with E-state index in [-0.39, 0.29) is 18.4 Å². The quantitative estimate of drug-likeness (QED) is 0.666. The number of piperidine rings is 1. The number of aromatic amines is 1. The molecule has 150 valence electrons. The highest BCUT2D eigenvalue weighted by atomic mass is 16.5. The van der Waals surface area contributed by atoms with Gasteiger partial charge >= 0.3 is 0 Å². The molecule has 1 spiro atoms. The number of nitrogens with one attached hydrogen (secondary N) is 2. The van der Waals surface area contributed by atoms with Gasteiger partial charge in [-0.25, -0.2) is 0 Å². The first-order chi connectivity index (χ1) is 12.9. The molecule has 2 saturated heterocycles. The second-order valence-corrected chi connectivity index (χ2v) is 7.43. The van der Waals surface area contributed by atoms with E-state index in [9.17, 15) is 14.7 Å². The number of aliphatic hydroxyl groups excluding tert-OH is 1. The molecule has 3 N–H and O–H groups in total. The van der Waals surface area contributed by atoms with Gasteiger partial charge < -0.3 is 24.8 Å². The van der Waals surface area contributed by atoms with Gasteiger partial charge in [0.2, 0.25) is 5.91 Å². The molecule has 0 radical (unpaired) electrons. The Balaban J connectivity index is 1.64. The Morgan fingerprint density at radius 2 is 2.19 bits per heavy atom. The van der Waals surface area contributed by atoms with Crippen molar-refractivity contribution in [2.45, 2.75) is 50.4 Å². The van der Waals surface area contributed by atoms with E-state index in [0.29, 0.717) is 51.3 Å². The fraction of sp³-hybridized carbons (Fsp3) is 0.722. The first-order valence-corrected chi connectivity index (χ1v) is 9.40. The molecule has 0 aromatic carbocycles. The first-order valence-electron chi connectivity index (χ1n) is 9.40. The van der Waals surface area contributed by atoms with Crippen LogP contribution in [-0.2, 0) is 14.3 Å². The zero-order chi connectivity index (χ0) is 19.5. The second-order valence-electron chi connectivity index (χ2n) is 7.43. The van der Waals surface area contributed by atoms with E-state index in [1.165, 1.54) is 0 Å². The van der Waals surface area contributed by atoms with Crippen LogP contribution in [0.3, 0.4) is 0 Å². The molecule has 2 fully saturated rings. The van der Waals surface area contributed by atoms with Crippen molar-refractivity contribution in [1.82, 2.24) is 20.4 Å². The van der Waals surface area contributed by atoms with Crippen LogP contribution in [-0.4, -0.2) is 82.2 Å². The number of carbonyl (C=O) groups excluding carboxylic acids is 2. The van der Waals surface area contributed by atoms with Crippen LogP contribution < -0.4 is 5.32 Å². The predicted octanol–water partition coefficient (Wildman–Crippen LogP) is 0.0771. The van der Waals surface area contributed by atoms with Gasteiger partial charge in [0.15, 0.2) is 0 Å². The number of aliphatic hydroxyl groups is 1. The molecule has 0 aliphatic carbocycles. The van der Waals surface area contributed by atoms with Crippen LogP contribution in [0.5, 0.6) is 0 Å². The van der Waals surface area contributed by atoms with Crippen LogP contribution in [0.2, 0.25) is 0 Å². The van der Waals surface area contributed by atoms with E-state index < -0.39 is 17.2 Å². The molecular weight excluding hydrogens is 352 g/mol. The van der Waals surface area contributed by atoms with Crippen LogP contribution in [0.1, 0.15) is 43.6 Å². The van der Waals surface area contributed by atoms with Gasteiger partial charge in [-0.1, -0.05) is 0 Å². The Bertz CT molecular complexity index is 657. The lowest BCUT2D eigenvalue weighted by Crippen LogP contribution is -2.69. The third-order valence-corrected chi connectivity index (χ3v) is 5.60. The molecule has 1 aromatic rings. The van der Waals surface area contributed by atoms with E-state index >= 15 is 0 Å². The molecule has 2 aliphatic rings. The third-order valence-electron chi connectivity index (χ3n) is 5.60. The summed E-state index contributed by atoms with van der Waals surface area (Å²) in [6.07, 6.45) is 2.21. The number of amides is 2. The monoisotopic (exact) mass is 380 g/mol. The molecule has 9 heteroatoms. The molecule has 2 aliphatic heterocycles. The van der Waals surface area contributed by atoms with E-state index in [1.807, 2.05) is 13.8 Å². The summed E-state index contributed by atoms with van der Waals surface area (Å²) in [6, 6.07) is 1.64. The van der Waals surface area contributed by atoms with E-state index in [2.05, 4.69) is 15.5 Å². The minimum atomic E-state index is -0.867. The number of likely N-dealkylation sites (tertiary alicyclic amines) is 1. The first kappa shape index (κ1) is 19.8. The number of nitrogens with zero attached hydrogens (tertiary/aromatic N) is 2. The summed E-state index contributed by atoms with van der Waals surface area (Å²) >= 11 is 0. The number of aromatic nitrogens is 2. The van der Waals surface area contributed by atoms with Gasteiger partial charge in [-0.2, -0.15) is 5.10 Å². The average molecular weight is 380 g/mol. The van der Waals surface area contributed by atoms with Crippen molar-refractivity contribution in [3.05, 3.63) is 18.0 Å². The Morgan fingerprint density at radius 3 is 2.81 bits per heavy atom. The van der Waals surface area contributed by atoms with Crippen molar-refractivity contribution in [2.75, 3.05) is 32.9 Å². The van der Waals surface area contributed by atoms with Gasteiger partial charge in [-0.15, -0.1) is 0 Å². The normalized spacial score (nSPS) is 27.5. The molecule has 0 unspecified atom stereocenters. The minimum absolute atomic E-state index is 0.0286. The zero-order valence-electron chi connectivity index (χ0n) is 15.9. The Hall–Kier alpha value is -1.97. The average Bonchev–Trinajstić information content (AvgIpc) is 3.19. The standard InChI is InChI=1S/C18H28N4O5/c1-3-26-12-14(23)20-17(2)7-11-27-18(16(17)25)5-9-22(10-6-18)15(24)13-4-8-19-21-13/h4,8,16,25H,3,5-7,9-12H2,1-2H3,(H,19,21)(H,20,23)/t16-,17+/m1/s1. The van der Waals surface area contributed by atoms with E-state index in [0.717, 1.165) is 0 Å². The number of ether oxygens (including phenoxy) is 2. The highest BCUT2D eigenvalue weighted by Gasteiger charge is 2.54. The smallest absolute Gasteiger partial charge is 0.271 e. The summed E-state index contributed by atoms with van der Waals surface area (Å²) in [7, 11) is 0. The molecule has 3 heterocycles. The van der Waals surface area contributed by atoms with Crippen LogP contribution in [0.25, 0.3) is 0 Å². The van der Waals surface area contributed by atoms with Gasteiger partial charge in [-0.05, 0) is 39.2 Å². The van der Waals surface area contributed by atoms with Crippen molar-refractivity contribution in [1.29, 1.82) is 0 Å². The van der Waals surface area contributed by atoms with Gasteiger partial charge in [-0.3, -0.25) is 14.7 Å². The fourth-order valence-corrected chi connectivity index (χ4v) is 3.99. The van der Waals surface area contributed by atoms with Crippen molar-refractivity contribution < 1.29 is 24.2 Å². The molecule has 9 nitrogen and oxygen atoms in total. The lowest BCUT2D eigenvalue weighted by atomic mass is 9.73. The number of H-pyrrole nitrogens is 1. The minimum Gasteiger partial charge on any atom is -0.388 e. The molecule has 1 aromatic heterocycles. The lowest BCUT2D eigenvalue weighted by molar-refractivity contribution is -0.206. The fourth-order valence-electron chi connectivity index (χ4n) is 3.99. The van der Waals surface area contributed by atoms with Crippen LogP contribution in [0, 0.1) is 0 Å². The van der Waals surface area contributed by atoms with Gasteiger partial charge in [0.05, 0.1) is 11.1 Å². The highest BCUT2D eigenvalue weighted by molar-refractivity contribution is 5.92. The van der Waals surface area contributed by atoms with Gasteiger partial charge in [0, 0.05) is 32.5 Å². The zero-order valence-corrected chi connectivity index (χ0v) is 15.9. The van der Waals surface area contributed by atoms with Crippen LogP contribution in [0.15, 0.2) is 12.3 Å². The summed E-state index contributed by atoms with van der Waals surface area (Å²) in [5, 5.41) is 20.5. The maximum Gasteiger partial charge on any atom is 0.271 e. The van der Waals surface area contributed by atoms with Crippen LogP contribution >= 0.6 is 0 Å². The second kappa shape index (κ2) is 7.95. The summed E-state index contributed by atoms with van der Waals surface area (Å²) in [5.74, 6) is -0.359. The summed E-state index contributed by atoms with van der Waals surface area (Å²) in [5.41, 5.74) is -1.11. The van der Waals surface area contributed by atoms with Crippen LogP contribution in [0.4, 0.5) is 0 Å². The molecular formula is C18H28N4O5. The van der Waals surface area contributed by atoms with Crippen molar-refractivity contribution in [3.8, 4) is 0 Å². The van der Waals surface area contributed by atoms with Crippen molar-refractivity contribution in [3.63, 3.8) is 0 Å². The van der Waals surface area contributed by atoms with Crippen molar-refractivity contribution in [2.24, 2.45) is 0 Å². The number of carbonyl (C=O) groups is 2. The SMILES string of the molecule is CCOCC(=O)N[C@@]1(C)CCOC2(CCN(C(=O)c3ccn[nH]3)CC2)[C@@H]1O. The maximum absolute atomic E-state index is 12.5.